The number of hydrogen-bond donors (Lipinski definition) is 1. The van der Waals surface area contributed by atoms with Crippen LogP contribution in [0.4, 0.5) is 8.78 Å². The van der Waals surface area contributed by atoms with Gasteiger partial charge in [0.2, 0.25) is 0 Å². The summed E-state index contributed by atoms with van der Waals surface area (Å²) in [5.41, 5.74) is 3.37. The van der Waals surface area contributed by atoms with E-state index in [1.807, 2.05) is 32.9 Å². The lowest BCUT2D eigenvalue weighted by atomic mass is 9.99. The zero-order valence-corrected chi connectivity index (χ0v) is 18.2. The van der Waals surface area contributed by atoms with Gasteiger partial charge in [0.05, 0.1) is 10.6 Å². The lowest BCUT2D eigenvalue weighted by Gasteiger charge is -2.17. The minimum atomic E-state index is -3.05. The number of alkyl halides is 2. The standard InChI is InChI=1S/C23H23ClF2O5/c1-4-16-9-15-10-18(24)22(31-23(25)26)17(21(15)30-16)11-29-19-7-5-14(6-8-20(27)28)12(2)13(19)3/h5,7,9-10,23H,4,6,8,11H2,1-3H3,(H,27,28). The Labute approximate surface area is 183 Å². The SMILES string of the molecule is CCc1cc2cc(Cl)c(OC(F)F)c(COc3ccc(CCC(=O)O)c(C)c3C)c2o1. The summed E-state index contributed by atoms with van der Waals surface area (Å²) in [7, 11) is 0. The number of hydrogen-bond acceptors (Lipinski definition) is 4. The molecule has 1 N–H and O–H groups in total. The monoisotopic (exact) mass is 452 g/mol. The van der Waals surface area contributed by atoms with Crippen molar-refractivity contribution in [2.24, 2.45) is 0 Å². The Balaban J connectivity index is 1.95. The molecule has 0 aliphatic heterocycles. The number of aryl methyl sites for hydroxylation is 2. The molecule has 0 aliphatic carbocycles. The zero-order chi connectivity index (χ0) is 22.7. The highest BCUT2D eigenvalue weighted by molar-refractivity contribution is 6.33. The molecule has 2 aromatic carbocycles. The Morgan fingerprint density at radius 3 is 2.61 bits per heavy atom. The molecule has 0 fully saturated rings. The van der Waals surface area contributed by atoms with Crippen LogP contribution in [0.3, 0.4) is 0 Å². The van der Waals surface area contributed by atoms with E-state index in [9.17, 15) is 13.6 Å². The van der Waals surface area contributed by atoms with E-state index >= 15 is 0 Å². The van der Waals surface area contributed by atoms with Gasteiger partial charge in [-0.2, -0.15) is 8.78 Å². The number of carboxylic acids is 1. The molecule has 1 heterocycles. The van der Waals surface area contributed by atoms with Gasteiger partial charge in [0, 0.05) is 18.2 Å². The fourth-order valence-corrected chi connectivity index (χ4v) is 3.72. The molecule has 0 saturated heterocycles. The Morgan fingerprint density at radius 1 is 1.23 bits per heavy atom. The van der Waals surface area contributed by atoms with Crippen molar-refractivity contribution in [2.75, 3.05) is 0 Å². The first-order chi connectivity index (χ1) is 14.7. The molecule has 0 saturated carbocycles. The summed E-state index contributed by atoms with van der Waals surface area (Å²) in [6.45, 7) is 2.53. The lowest BCUT2D eigenvalue weighted by Crippen LogP contribution is -2.08. The van der Waals surface area contributed by atoms with Crippen LogP contribution in [0.1, 0.15) is 41.4 Å². The maximum atomic E-state index is 13.0. The summed E-state index contributed by atoms with van der Waals surface area (Å²) in [4.78, 5) is 10.9. The number of halogens is 3. The van der Waals surface area contributed by atoms with Gasteiger partial charge < -0.3 is 19.0 Å². The normalized spacial score (nSPS) is 11.3. The quantitative estimate of drug-likeness (QED) is 0.403. The van der Waals surface area contributed by atoms with E-state index in [1.54, 1.807) is 6.07 Å². The van der Waals surface area contributed by atoms with Gasteiger partial charge >= 0.3 is 12.6 Å². The minimum absolute atomic E-state index is 0.0353. The van der Waals surface area contributed by atoms with Gasteiger partial charge in [-0.25, -0.2) is 0 Å². The second kappa shape index (κ2) is 9.56. The summed E-state index contributed by atoms with van der Waals surface area (Å²) >= 11 is 6.22. The average molecular weight is 453 g/mol. The molecule has 0 aliphatic rings. The van der Waals surface area contributed by atoms with E-state index in [0.717, 1.165) is 16.7 Å². The summed E-state index contributed by atoms with van der Waals surface area (Å²) in [6, 6.07) is 6.90. The Bertz CT molecular complexity index is 1110. The number of benzene rings is 2. The van der Waals surface area contributed by atoms with E-state index in [-0.39, 0.29) is 23.8 Å². The molecule has 0 unspecified atom stereocenters. The molecular formula is C23H23ClF2O5. The Kier molecular flexibility index (Phi) is 7.05. The van der Waals surface area contributed by atoms with Crippen LogP contribution >= 0.6 is 11.6 Å². The number of carbonyl (C=O) groups is 1. The summed E-state index contributed by atoms with van der Waals surface area (Å²) < 4.78 is 42.5. The third kappa shape index (κ3) is 5.10. The molecule has 8 heteroatoms. The summed E-state index contributed by atoms with van der Waals surface area (Å²) in [6.07, 6.45) is 1.08. The van der Waals surface area contributed by atoms with Gasteiger partial charge in [-0.3, -0.25) is 4.79 Å². The van der Waals surface area contributed by atoms with E-state index in [4.69, 9.17) is 25.9 Å². The van der Waals surface area contributed by atoms with Crippen molar-refractivity contribution in [2.45, 2.75) is 53.3 Å². The zero-order valence-electron chi connectivity index (χ0n) is 17.4. The fraction of sp³-hybridized carbons (Fsp3) is 0.348. The predicted octanol–water partition coefficient (Wildman–Crippen LogP) is 6.46. The number of fused-ring (bicyclic) bond motifs is 1. The van der Waals surface area contributed by atoms with Crippen molar-refractivity contribution >= 4 is 28.5 Å². The van der Waals surface area contributed by atoms with Crippen LogP contribution in [-0.2, 0) is 24.2 Å². The molecule has 3 rings (SSSR count). The summed E-state index contributed by atoms with van der Waals surface area (Å²) in [5.74, 6) is 0.207. The molecule has 0 spiro atoms. The van der Waals surface area contributed by atoms with Gasteiger partial charge in [0.15, 0.2) is 5.75 Å². The topological polar surface area (TPSA) is 68.9 Å². The number of ether oxygens (including phenoxy) is 2. The molecule has 0 amide bonds. The van der Waals surface area contributed by atoms with Gasteiger partial charge in [-0.05, 0) is 55.2 Å². The van der Waals surface area contributed by atoms with Gasteiger partial charge in [-0.15, -0.1) is 0 Å². The maximum Gasteiger partial charge on any atom is 0.387 e. The van der Waals surface area contributed by atoms with Crippen LogP contribution in [0.15, 0.2) is 28.7 Å². The van der Waals surface area contributed by atoms with Crippen molar-refractivity contribution in [1.82, 2.24) is 0 Å². The van der Waals surface area contributed by atoms with E-state index < -0.39 is 12.6 Å². The molecular weight excluding hydrogens is 430 g/mol. The third-order valence-corrected chi connectivity index (χ3v) is 5.53. The number of carboxylic acid groups (broad SMARTS) is 1. The minimum Gasteiger partial charge on any atom is -0.488 e. The molecule has 31 heavy (non-hydrogen) atoms. The smallest absolute Gasteiger partial charge is 0.387 e. The fourth-order valence-electron chi connectivity index (χ4n) is 3.44. The first-order valence-electron chi connectivity index (χ1n) is 9.83. The van der Waals surface area contributed by atoms with E-state index in [2.05, 4.69) is 4.74 Å². The van der Waals surface area contributed by atoms with Crippen molar-refractivity contribution in [3.8, 4) is 11.5 Å². The highest BCUT2D eigenvalue weighted by Crippen LogP contribution is 2.39. The predicted molar refractivity (Wildman–Crippen MR) is 113 cm³/mol. The number of furan rings is 1. The highest BCUT2D eigenvalue weighted by Gasteiger charge is 2.21. The Morgan fingerprint density at radius 2 is 1.97 bits per heavy atom. The third-order valence-electron chi connectivity index (χ3n) is 5.24. The second-order valence-corrected chi connectivity index (χ2v) is 7.59. The molecule has 166 valence electrons. The van der Waals surface area contributed by atoms with Crippen LogP contribution in [0.2, 0.25) is 5.02 Å². The van der Waals surface area contributed by atoms with Crippen molar-refractivity contribution < 1.29 is 32.6 Å². The maximum absolute atomic E-state index is 13.0. The highest BCUT2D eigenvalue weighted by atomic mass is 35.5. The number of rotatable bonds is 9. The van der Waals surface area contributed by atoms with Crippen molar-refractivity contribution in [3.05, 3.63) is 57.3 Å². The van der Waals surface area contributed by atoms with Crippen LogP contribution in [0, 0.1) is 13.8 Å². The lowest BCUT2D eigenvalue weighted by molar-refractivity contribution is -0.136. The van der Waals surface area contributed by atoms with E-state index in [0.29, 0.717) is 40.9 Å². The van der Waals surface area contributed by atoms with Crippen molar-refractivity contribution in [1.29, 1.82) is 0 Å². The van der Waals surface area contributed by atoms with Crippen LogP contribution in [0.25, 0.3) is 11.0 Å². The van der Waals surface area contributed by atoms with Crippen molar-refractivity contribution in [3.63, 3.8) is 0 Å². The Hall–Kier alpha value is -2.80. The first-order valence-corrected chi connectivity index (χ1v) is 10.2. The van der Waals surface area contributed by atoms with Crippen LogP contribution in [0.5, 0.6) is 11.5 Å². The first kappa shape index (κ1) is 22.9. The van der Waals surface area contributed by atoms with Gasteiger partial charge in [0.25, 0.3) is 0 Å². The van der Waals surface area contributed by atoms with Gasteiger partial charge in [0.1, 0.15) is 23.7 Å². The molecule has 1 aromatic heterocycles. The molecule has 0 atom stereocenters. The van der Waals surface area contributed by atoms with Crippen LogP contribution in [-0.4, -0.2) is 17.7 Å². The van der Waals surface area contributed by atoms with Crippen LogP contribution < -0.4 is 9.47 Å². The average Bonchev–Trinajstić information content (AvgIpc) is 3.12. The molecule has 0 bridgehead atoms. The summed E-state index contributed by atoms with van der Waals surface area (Å²) in [5, 5.41) is 9.63. The second-order valence-electron chi connectivity index (χ2n) is 7.18. The van der Waals surface area contributed by atoms with Gasteiger partial charge in [-0.1, -0.05) is 24.6 Å². The molecule has 5 nitrogen and oxygen atoms in total. The largest absolute Gasteiger partial charge is 0.488 e. The number of aliphatic carboxylic acids is 1. The molecule has 3 aromatic rings. The van der Waals surface area contributed by atoms with E-state index in [1.165, 1.54) is 6.07 Å². The molecule has 0 radical (unpaired) electrons.